The van der Waals surface area contributed by atoms with Gasteiger partial charge in [-0.3, -0.25) is 0 Å². The average molecular weight is 265 g/mol. The molecule has 1 nitrogen and oxygen atoms in total. The van der Waals surface area contributed by atoms with Crippen molar-refractivity contribution in [3.05, 3.63) is 65.0 Å². The molecule has 1 N–H and O–H groups in total. The van der Waals surface area contributed by atoms with Crippen molar-refractivity contribution in [1.29, 1.82) is 0 Å². The van der Waals surface area contributed by atoms with Crippen LogP contribution in [-0.4, -0.2) is 0 Å². The summed E-state index contributed by atoms with van der Waals surface area (Å²) in [7, 11) is 0. The van der Waals surface area contributed by atoms with E-state index in [9.17, 15) is 13.2 Å². The Morgan fingerprint density at radius 2 is 1.74 bits per heavy atom. The molecule has 19 heavy (non-hydrogen) atoms. The molecule has 0 spiro atoms. The molecule has 100 valence electrons. The smallest absolute Gasteiger partial charge is 0.146 e. The average Bonchev–Trinajstić information content (AvgIpc) is 2.33. The van der Waals surface area contributed by atoms with Crippen molar-refractivity contribution >= 4 is 5.69 Å². The third-order valence-corrected chi connectivity index (χ3v) is 3.01. The first-order chi connectivity index (χ1) is 8.99. The van der Waals surface area contributed by atoms with Gasteiger partial charge in [-0.1, -0.05) is 18.2 Å². The normalized spacial score (nSPS) is 12.3. The molecule has 0 fully saturated rings. The SMILES string of the molecule is Cc1cccc(F)c1NC(C)c1ccc(F)cc1F. The summed E-state index contributed by atoms with van der Waals surface area (Å²) in [6.07, 6.45) is 0. The Bertz CT molecular complexity index is 576. The van der Waals surface area contributed by atoms with Gasteiger partial charge in [0.15, 0.2) is 0 Å². The fraction of sp³-hybridized carbons (Fsp3) is 0.200. The number of hydrogen-bond donors (Lipinski definition) is 1. The number of halogens is 3. The molecule has 0 aliphatic rings. The lowest BCUT2D eigenvalue weighted by Crippen LogP contribution is -2.11. The number of benzene rings is 2. The Morgan fingerprint density at radius 3 is 2.37 bits per heavy atom. The lowest BCUT2D eigenvalue weighted by molar-refractivity contribution is 0.565. The predicted octanol–water partition coefficient (Wildman–Crippen LogP) is 4.59. The minimum Gasteiger partial charge on any atom is -0.376 e. The Kier molecular flexibility index (Phi) is 3.79. The van der Waals surface area contributed by atoms with E-state index >= 15 is 0 Å². The zero-order valence-electron chi connectivity index (χ0n) is 10.7. The molecule has 0 aliphatic heterocycles. The van der Waals surface area contributed by atoms with Crippen LogP contribution in [0.4, 0.5) is 18.9 Å². The van der Waals surface area contributed by atoms with E-state index in [1.165, 1.54) is 18.2 Å². The highest BCUT2D eigenvalue weighted by molar-refractivity contribution is 5.53. The zero-order chi connectivity index (χ0) is 14.0. The molecule has 0 aromatic heterocycles. The minimum absolute atomic E-state index is 0.295. The van der Waals surface area contributed by atoms with Crippen LogP contribution in [0.1, 0.15) is 24.1 Å². The monoisotopic (exact) mass is 265 g/mol. The highest BCUT2D eigenvalue weighted by Crippen LogP contribution is 2.26. The van der Waals surface area contributed by atoms with Crippen LogP contribution in [0.2, 0.25) is 0 Å². The van der Waals surface area contributed by atoms with Crippen LogP contribution in [0.25, 0.3) is 0 Å². The number of para-hydroxylation sites is 1. The summed E-state index contributed by atoms with van der Waals surface area (Å²) < 4.78 is 40.2. The summed E-state index contributed by atoms with van der Waals surface area (Å²) in [5.41, 5.74) is 1.36. The summed E-state index contributed by atoms with van der Waals surface area (Å²) in [6, 6.07) is 7.61. The first-order valence-electron chi connectivity index (χ1n) is 5.95. The van der Waals surface area contributed by atoms with E-state index in [1.54, 1.807) is 26.0 Å². The van der Waals surface area contributed by atoms with Crippen molar-refractivity contribution in [2.75, 3.05) is 5.32 Å². The maximum absolute atomic E-state index is 13.7. The Hall–Kier alpha value is -1.97. The number of hydrogen-bond acceptors (Lipinski definition) is 1. The summed E-state index contributed by atoms with van der Waals surface area (Å²) in [6.45, 7) is 3.46. The number of nitrogens with one attached hydrogen (secondary N) is 1. The lowest BCUT2D eigenvalue weighted by atomic mass is 10.1. The van der Waals surface area contributed by atoms with Crippen LogP contribution >= 0.6 is 0 Å². The van der Waals surface area contributed by atoms with Crippen molar-refractivity contribution in [1.82, 2.24) is 0 Å². The van der Waals surface area contributed by atoms with Gasteiger partial charge in [-0.2, -0.15) is 0 Å². The van der Waals surface area contributed by atoms with Crippen molar-refractivity contribution in [3.8, 4) is 0 Å². The topological polar surface area (TPSA) is 12.0 Å². The Morgan fingerprint density at radius 1 is 1.00 bits per heavy atom. The molecule has 0 aliphatic carbocycles. The van der Waals surface area contributed by atoms with Crippen molar-refractivity contribution < 1.29 is 13.2 Å². The number of aryl methyl sites for hydroxylation is 1. The molecule has 0 saturated heterocycles. The first kappa shape index (κ1) is 13.5. The molecule has 0 amide bonds. The maximum atomic E-state index is 13.7. The van der Waals surface area contributed by atoms with E-state index in [2.05, 4.69) is 5.32 Å². The van der Waals surface area contributed by atoms with Crippen LogP contribution in [0.3, 0.4) is 0 Å². The molecule has 2 aromatic rings. The second-order valence-corrected chi connectivity index (χ2v) is 4.46. The second-order valence-electron chi connectivity index (χ2n) is 4.46. The van der Waals surface area contributed by atoms with E-state index in [4.69, 9.17) is 0 Å². The largest absolute Gasteiger partial charge is 0.376 e. The third kappa shape index (κ3) is 2.89. The van der Waals surface area contributed by atoms with Crippen LogP contribution in [-0.2, 0) is 0 Å². The summed E-state index contributed by atoms with van der Waals surface area (Å²) in [5, 5.41) is 2.92. The fourth-order valence-corrected chi connectivity index (χ4v) is 1.96. The highest BCUT2D eigenvalue weighted by Gasteiger charge is 2.14. The molecule has 0 radical (unpaired) electrons. The van der Waals surface area contributed by atoms with Crippen LogP contribution in [0, 0.1) is 24.4 Å². The summed E-state index contributed by atoms with van der Waals surface area (Å²) in [5.74, 6) is -1.67. The quantitative estimate of drug-likeness (QED) is 0.856. The molecule has 2 aromatic carbocycles. The van der Waals surface area contributed by atoms with Gasteiger partial charge in [0.05, 0.1) is 11.7 Å². The van der Waals surface area contributed by atoms with Crippen LogP contribution in [0.15, 0.2) is 36.4 Å². The maximum Gasteiger partial charge on any atom is 0.146 e. The molecule has 0 bridgehead atoms. The van der Waals surface area contributed by atoms with E-state index in [0.717, 1.165) is 11.6 Å². The molecule has 0 heterocycles. The molecule has 1 unspecified atom stereocenters. The third-order valence-electron chi connectivity index (χ3n) is 3.01. The van der Waals surface area contributed by atoms with Gasteiger partial charge >= 0.3 is 0 Å². The zero-order valence-corrected chi connectivity index (χ0v) is 10.7. The van der Waals surface area contributed by atoms with E-state index in [0.29, 0.717) is 11.3 Å². The first-order valence-corrected chi connectivity index (χ1v) is 5.95. The van der Waals surface area contributed by atoms with Crippen LogP contribution < -0.4 is 5.32 Å². The standard InChI is InChI=1S/C15H14F3N/c1-9-4-3-5-13(17)15(9)19-10(2)12-7-6-11(16)8-14(12)18/h3-8,10,19H,1-2H3. The van der Waals surface area contributed by atoms with E-state index < -0.39 is 23.5 Å². The van der Waals surface area contributed by atoms with Gasteiger partial charge in [-0.05, 0) is 31.5 Å². The molecular weight excluding hydrogens is 251 g/mol. The van der Waals surface area contributed by atoms with Crippen molar-refractivity contribution in [3.63, 3.8) is 0 Å². The number of anilines is 1. The predicted molar refractivity (Wildman–Crippen MR) is 69.5 cm³/mol. The number of rotatable bonds is 3. The lowest BCUT2D eigenvalue weighted by Gasteiger charge is -2.18. The fourth-order valence-electron chi connectivity index (χ4n) is 1.96. The molecular formula is C15H14F3N. The Balaban J connectivity index is 2.28. The van der Waals surface area contributed by atoms with Crippen molar-refractivity contribution in [2.45, 2.75) is 19.9 Å². The molecule has 2 rings (SSSR count). The van der Waals surface area contributed by atoms with Gasteiger partial charge in [-0.15, -0.1) is 0 Å². The second kappa shape index (κ2) is 5.34. The van der Waals surface area contributed by atoms with E-state index in [-0.39, 0.29) is 0 Å². The van der Waals surface area contributed by atoms with Gasteiger partial charge in [0, 0.05) is 11.6 Å². The summed E-state index contributed by atoms with van der Waals surface area (Å²) >= 11 is 0. The molecule has 0 saturated carbocycles. The molecule has 1 atom stereocenters. The Labute approximate surface area is 110 Å². The van der Waals surface area contributed by atoms with Gasteiger partial charge in [0.1, 0.15) is 17.5 Å². The summed E-state index contributed by atoms with van der Waals surface area (Å²) in [4.78, 5) is 0. The van der Waals surface area contributed by atoms with Gasteiger partial charge in [0.2, 0.25) is 0 Å². The van der Waals surface area contributed by atoms with Gasteiger partial charge in [-0.25, -0.2) is 13.2 Å². The van der Waals surface area contributed by atoms with Crippen LogP contribution in [0.5, 0.6) is 0 Å². The van der Waals surface area contributed by atoms with Gasteiger partial charge in [0.25, 0.3) is 0 Å². The molecule has 4 heteroatoms. The van der Waals surface area contributed by atoms with E-state index in [1.807, 2.05) is 0 Å². The minimum atomic E-state index is -0.644. The van der Waals surface area contributed by atoms with Gasteiger partial charge < -0.3 is 5.32 Å². The van der Waals surface area contributed by atoms with Crippen molar-refractivity contribution in [2.24, 2.45) is 0 Å². The highest BCUT2D eigenvalue weighted by atomic mass is 19.1.